The van der Waals surface area contributed by atoms with Gasteiger partial charge in [0.2, 0.25) is 0 Å². The summed E-state index contributed by atoms with van der Waals surface area (Å²) in [4.78, 5) is 0. The maximum Gasteiger partial charge on any atom is 0.129 e. The molecule has 0 saturated heterocycles. The average molecular weight is 212 g/mol. The Balaban J connectivity index is 2.94. The molecular weight excluding hydrogens is 198 g/mol. The van der Waals surface area contributed by atoms with Gasteiger partial charge in [0.05, 0.1) is 6.61 Å². The minimum absolute atomic E-state index is 0.118. The largest absolute Gasteiger partial charge is 0.395 e. The first-order valence-corrected chi connectivity index (χ1v) is 4.69. The van der Waals surface area contributed by atoms with E-state index in [9.17, 15) is 8.78 Å². The molecule has 0 radical (unpaired) electrons. The van der Waals surface area contributed by atoms with Crippen molar-refractivity contribution in [2.45, 2.75) is 13.3 Å². The maximum atomic E-state index is 13.3. The Labute approximate surface area is 88.1 Å². The first-order chi connectivity index (χ1) is 7.00. The fraction of sp³-hybridized carbons (Fsp3) is 0.333. The third-order valence-electron chi connectivity index (χ3n) is 2.46. The number of aliphatic hydroxyl groups is 1. The molecule has 1 N–H and O–H groups in total. The topological polar surface area (TPSA) is 20.2 Å². The van der Waals surface area contributed by atoms with Crippen LogP contribution >= 0.6 is 0 Å². The van der Waals surface area contributed by atoms with Crippen LogP contribution in [0.3, 0.4) is 0 Å². The molecule has 0 aromatic heterocycles. The molecule has 0 fully saturated rings. The Bertz CT molecular complexity index is 363. The molecule has 0 aliphatic carbocycles. The van der Waals surface area contributed by atoms with Gasteiger partial charge in [-0.05, 0) is 18.1 Å². The molecule has 0 bridgehead atoms. The van der Waals surface area contributed by atoms with Crippen molar-refractivity contribution in [3.8, 4) is 0 Å². The number of rotatable bonds is 4. The van der Waals surface area contributed by atoms with E-state index in [1.54, 1.807) is 13.0 Å². The zero-order valence-electron chi connectivity index (χ0n) is 8.63. The van der Waals surface area contributed by atoms with Crippen LogP contribution < -0.4 is 0 Å². The Morgan fingerprint density at radius 2 is 2.13 bits per heavy atom. The lowest BCUT2D eigenvalue weighted by molar-refractivity contribution is 0.183. The quantitative estimate of drug-likeness (QED) is 0.761. The van der Waals surface area contributed by atoms with E-state index in [-0.39, 0.29) is 6.61 Å². The lowest BCUT2D eigenvalue weighted by atomic mass is 9.84. The summed E-state index contributed by atoms with van der Waals surface area (Å²) in [6.45, 7) is 5.24. The zero-order chi connectivity index (χ0) is 11.5. The third-order valence-corrected chi connectivity index (χ3v) is 2.46. The van der Waals surface area contributed by atoms with E-state index in [2.05, 4.69) is 6.58 Å². The lowest BCUT2D eigenvalue weighted by Crippen LogP contribution is -2.21. The van der Waals surface area contributed by atoms with Crippen LogP contribution in [0, 0.1) is 17.0 Å². The Hall–Kier alpha value is -1.22. The van der Waals surface area contributed by atoms with E-state index in [1.807, 2.05) is 0 Å². The summed E-state index contributed by atoms with van der Waals surface area (Å²) in [5.41, 5.74) is -0.188. The van der Waals surface area contributed by atoms with Crippen LogP contribution in [0.2, 0.25) is 0 Å². The SMILES string of the molecule is C=CC(C)(CO)Cc1ccc(F)cc1F. The van der Waals surface area contributed by atoms with Crippen molar-refractivity contribution in [3.63, 3.8) is 0 Å². The Morgan fingerprint density at radius 1 is 1.47 bits per heavy atom. The monoisotopic (exact) mass is 212 g/mol. The van der Waals surface area contributed by atoms with Crippen molar-refractivity contribution in [2.75, 3.05) is 6.61 Å². The summed E-state index contributed by atoms with van der Waals surface area (Å²) in [6, 6.07) is 3.44. The third kappa shape index (κ3) is 2.86. The fourth-order valence-electron chi connectivity index (χ4n) is 1.29. The molecule has 1 nitrogen and oxygen atoms in total. The first-order valence-electron chi connectivity index (χ1n) is 4.69. The second-order valence-corrected chi connectivity index (χ2v) is 3.93. The fourth-order valence-corrected chi connectivity index (χ4v) is 1.29. The van der Waals surface area contributed by atoms with Gasteiger partial charge in [-0.2, -0.15) is 0 Å². The maximum absolute atomic E-state index is 13.3. The molecule has 82 valence electrons. The number of halogens is 2. The minimum atomic E-state index is -0.597. The average Bonchev–Trinajstić information content (AvgIpc) is 2.22. The van der Waals surface area contributed by atoms with E-state index in [0.29, 0.717) is 12.0 Å². The predicted molar refractivity (Wildman–Crippen MR) is 55.5 cm³/mol. The van der Waals surface area contributed by atoms with Gasteiger partial charge in [-0.1, -0.05) is 19.1 Å². The molecule has 0 aliphatic heterocycles. The van der Waals surface area contributed by atoms with Gasteiger partial charge in [-0.25, -0.2) is 8.78 Å². The molecule has 0 saturated carbocycles. The molecule has 0 heterocycles. The first kappa shape index (κ1) is 11.9. The molecule has 1 unspecified atom stereocenters. The standard InChI is InChI=1S/C12H14F2O/c1-3-12(2,8-15)7-9-4-5-10(13)6-11(9)14/h3-6,15H,1,7-8H2,2H3. The van der Waals surface area contributed by atoms with Gasteiger partial charge >= 0.3 is 0 Å². The summed E-state index contributed by atoms with van der Waals surface area (Å²) < 4.78 is 25.9. The minimum Gasteiger partial charge on any atom is -0.395 e. The predicted octanol–water partition coefficient (Wildman–Crippen LogP) is 2.69. The number of hydrogen-bond acceptors (Lipinski definition) is 1. The Morgan fingerprint density at radius 3 is 2.60 bits per heavy atom. The Kier molecular flexibility index (Phi) is 3.58. The molecule has 0 spiro atoms. The van der Waals surface area contributed by atoms with Crippen LogP contribution in [0.5, 0.6) is 0 Å². The summed E-state index contributed by atoms with van der Waals surface area (Å²) in [6.07, 6.45) is 1.88. The van der Waals surface area contributed by atoms with Crippen molar-refractivity contribution >= 4 is 0 Å². The molecule has 3 heteroatoms. The van der Waals surface area contributed by atoms with Gasteiger partial charge in [-0.3, -0.25) is 0 Å². The van der Waals surface area contributed by atoms with E-state index in [0.717, 1.165) is 6.07 Å². The molecule has 1 aromatic rings. The van der Waals surface area contributed by atoms with Crippen molar-refractivity contribution in [3.05, 3.63) is 48.1 Å². The number of hydrogen-bond donors (Lipinski definition) is 1. The van der Waals surface area contributed by atoms with Gasteiger partial charge in [-0.15, -0.1) is 6.58 Å². The van der Waals surface area contributed by atoms with Gasteiger partial charge < -0.3 is 5.11 Å². The van der Waals surface area contributed by atoms with Crippen LogP contribution in [0.1, 0.15) is 12.5 Å². The van der Waals surface area contributed by atoms with Crippen LogP contribution in [-0.4, -0.2) is 11.7 Å². The summed E-state index contributed by atoms with van der Waals surface area (Å²) in [5.74, 6) is -1.18. The van der Waals surface area contributed by atoms with Gasteiger partial charge in [0.1, 0.15) is 11.6 Å². The van der Waals surface area contributed by atoms with E-state index in [1.165, 1.54) is 12.1 Å². The van der Waals surface area contributed by atoms with Crippen molar-refractivity contribution in [1.29, 1.82) is 0 Å². The van der Waals surface area contributed by atoms with Crippen LogP contribution in [0.15, 0.2) is 30.9 Å². The number of benzene rings is 1. The van der Waals surface area contributed by atoms with E-state index >= 15 is 0 Å². The van der Waals surface area contributed by atoms with Gasteiger partial charge in [0.25, 0.3) is 0 Å². The molecule has 15 heavy (non-hydrogen) atoms. The molecule has 1 atom stereocenters. The summed E-state index contributed by atoms with van der Waals surface area (Å²) in [5, 5.41) is 9.12. The highest BCUT2D eigenvalue weighted by molar-refractivity contribution is 5.21. The van der Waals surface area contributed by atoms with E-state index < -0.39 is 17.0 Å². The van der Waals surface area contributed by atoms with Crippen molar-refractivity contribution in [2.24, 2.45) is 5.41 Å². The van der Waals surface area contributed by atoms with Crippen molar-refractivity contribution in [1.82, 2.24) is 0 Å². The molecule has 1 rings (SSSR count). The van der Waals surface area contributed by atoms with Crippen molar-refractivity contribution < 1.29 is 13.9 Å². The van der Waals surface area contributed by atoms with Gasteiger partial charge in [0, 0.05) is 11.5 Å². The lowest BCUT2D eigenvalue weighted by Gasteiger charge is -2.23. The van der Waals surface area contributed by atoms with Crippen LogP contribution in [0.4, 0.5) is 8.78 Å². The highest BCUT2D eigenvalue weighted by Crippen LogP contribution is 2.24. The van der Waals surface area contributed by atoms with Crippen LogP contribution in [0.25, 0.3) is 0 Å². The molecular formula is C12H14F2O. The second-order valence-electron chi connectivity index (χ2n) is 3.93. The summed E-state index contributed by atoms with van der Waals surface area (Å²) >= 11 is 0. The van der Waals surface area contributed by atoms with E-state index in [4.69, 9.17) is 5.11 Å². The van der Waals surface area contributed by atoms with Crippen LogP contribution in [-0.2, 0) is 6.42 Å². The summed E-state index contributed by atoms with van der Waals surface area (Å²) in [7, 11) is 0. The zero-order valence-corrected chi connectivity index (χ0v) is 8.63. The molecule has 1 aromatic carbocycles. The molecule has 0 aliphatic rings. The smallest absolute Gasteiger partial charge is 0.129 e. The normalized spacial score (nSPS) is 14.7. The number of aliphatic hydroxyl groups excluding tert-OH is 1. The molecule has 0 amide bonds. The second kappa shape index (κ2) is 4.53. The highest BCUT2D eigenvalue weighted by Gasteiger charge is 2.21. The highest BCUT2D eigenvalue weighted by atomic mass is 19.1. The van der Waals surface area contributed by atoms with Gasteiger partial charge in [0.15, 0.2) is 0 Å².